The van der Waals surface area contributed by atoms with E-state index < -0.39 is 68.5 Å². The second-order valence-corrected chi connectivity index (χ2v) is 9.87. The van der Waals surface area contributed by atoms with Crippen LogP contribution in [0.15, 0.2) is 51.9 Å². The third-order valence-corrected chi connectivity index (χ3v) is 7.16. The lowest BCUT2D eigenvalue weighted by atomic mass is 9.99. The van der Waals surface area contributed by atoms with Crippen LogP contribution in [-0.4, -0.2) is 111 Å². The Hall–Kier alpha value is -3.31. The van der Waals surface area contributed by atoms with Gasteiger partial charge in [-0.2, -0.15) is 0 Å². The summed E-state index contributed by atoms with van der Waals surface area (Å²) < 4.78 is 32.5. The number of aliphatic hydroxyl groups excluding tert-OH is 5. The number of ether oxygens (including phenoxy) is 5. The van der Waals surface area contributed by atoms with Gasteiger partial charge in [-0.15, -0.1) is 0 Å². The molecule has 2 aromatic carbocycles. The first-order chi connectivity index (χ1) is 19.6. The summed E-state index contributed by atoms with van der Waals surface area (Å²) in [6.45, 7) is -1.60. The predicted molar refractivity (Wildman–Crippen MR) is 137 cm³/mol. The van der Waals surface area contributed by atoms with Gasteiger partial charge in [-0.1, -0.05) is 6.07 Å². The third-order valence-electron chi connectivity index (χ3n) is 7.16. The number of hydrogen-bond donors (Lipinski definition) is 7. The minimum absolute atomic E-state index is 0.102. The van der Waals surface area contributed by atoms with Gasteiger partial charge < -0.3 is 63.8 Å². The molecular formula is C27H30O14. The molecule has 2 aliphatic heterocycles. The highest BCUT2D eigenvalue weighted by Crippen LogP contribution is 2.32. The van der Waals surface area contributed by atoms with Crippen LogP contribution in [-0.2, 0) is 14.2 Å². The van der Waals surface area contributed by atoms with Gasteiger partial charge in [-0.25, -0.2) is 0 Å². The van der Waals surface area contributed by atoms with E-state index in [4.69, 9.17) is 28.1 Å². The first kappa shape index (κ1) is 29.2. The molecule has 0 unspecified atom stereocenters. The van der Waals surface area contributed by atoms with Crippen LogP contribution in [0.25, 0.3) is 22.1 Å². The molecule has 0 spiro atoms. The molecule has 0 amide bonds. The quantitative estimate of drug-likeness (QED) is 0.167. The van der Waals surface area contributed by atoms with Gasteiger partial charge in [0.25, 0.3) is 0 Å². The van der Waals surface area contributed by atoms with E-state index in [1.165, 1.54) is 43.7 Å². The Morgan fingerprint density at radius 3 is 2.49 bits per heavy atom. The molecule has 2 fully saturated rings. The highest BCUT2D eigenvalue weighted by atomic mass is 16.7. The standard InChI is InChI=1S/C27H30O14/c1-36-17-5-2-12(6-16(17)29)15-8-37-18-7-13(3-4-14(18)20(15)30)40-25-23(33)22(32)21(31)19(41-25)9-38-26-24(34)27(35,10-28)11-39-26/h2-8,19,21-26,28-29,31-35H,9-11H2,1H3/t19-,21-,22+,23-,24+,25-,26-,27-/m1/s1. The molecule has 0 saturated carbocycles. The summed E-state index contributed by atoms with van der Waals surface area (Å²) in [6.07, 6.45) is -9.43. The first-order valence-corrected chi connectivity index (χ1v) is 12.6. The van der Waals surface area contributed by atoms with Gasteiger partial charge in [0, 0.05) is 6.07 Å². The van der Waals surface area contributed by atoms with Gasteiger partial charge in [0.1, 0.15) is 53.7 Å². The molecule has 0 radical (unpaired) electrons. The van der Waals surface area contributed by atoms with Crippen LogP contribution < -0.4 is 14.9 Å². The van der Waals surface area contributed by atoms with Gasteiger partial charge >= 0.3 is 0 Å². The number of hydrogen-bond acceptors (Lipinski definition) is 14. The number of benzene rings is 2. The van der Waals surface area contributed by atoms with Gasteiger partial charge in [0.15, 0.2) is 23.2 Å². The summed E-state index contributed by atoms with van der Waals surface area (Å²) in [4.78, 5) is 13.1. The molecule has 7 N–H and O–H groups in total. The number of aliphatic hydroxyl groups is 6. The van der Waals surface area contributed by atoms with E-state index >= 15 is 0 Å². The molecule has 5 rings (SSSR count). The van der Waals surface area contributed by atoms with Crippen molar-refractivity contribution in [1.29, 1.82) is 0 Å². The Balaban J connectivity index is 1.30. The van der Waals surface area contributed by atoms with Crippen molar-refractivity contribution in [2.24, 2.45) is 0 Å². The second kappa shape index (κ2) is 11.5. The minimum Gasteiger partial charge on any atom is -0.504 e. The molecule has 2 saturated heterocycles. The molecule has 41 heavy (non-hydrogen) atoms. The first-order valence-electron chi connectivity index (χ1n) is 12.6. The summed E-state index contributed by atoms with van der Waals surface area (Å²) in [5, 5.41) is 71.0. The molecule has 3 heterocycles. The van der Waals surface area contributed by atoms with Crippen molar-refractivity contribution in [3.05, 3.63) is 52.9 Å². The molecule has 14 heteroatoms. The normalized spacial score (nSPS) is 31.8. The fourth-order valence-electron chi connectivity index (χ4n) is 4.65. The van der Waals surface area contributed by atoms with Crippen molar-refractivity contribution in [3.8, 4) is 28.4 Å². The largest absolute Gasteiger partial charge is 0.504 e. The van der Waals surface area contributed by atoms with Crippen LogP contribution >= 0.6 is 0 Å². The molecule has 2 aliphatic rings. The van der Waals surface area contributed by atoms with Gasteiger partial charge in [-0.05, 0) is 29.8 Å². The summed E-state index contributed by atoms with van der Waals surface area (Å²) in [7, 11) is 1.41. The zero-order chi connectivity index (χ0) is 29.5. The van der Waals surface area contributed by atoms with Crippen molar-refractivity contribution >= 4 is 11.0 Å². The predicted octanol–water partition coefficient (Wildman–Crippen LogP) is -1.18. The van der Waals surface area contributed by atoms with E-state index in [1.54, 1.807) is 6.07 Å². The molecule has 0 bridgehead atoms. The SMILES string of the molecule is COc1ccc(-c2coc3cc(O[C@@H]4O[C@H](CO[C@@H]5OC[C@](O)(CO)[C@H]5O)[C@@H](O)[C@H](O)[C@H]4O)ccc3c2=O)cc1O. The maximum atomic E-state index is 13.1. The van der Waals surface area contributed by atoms with Gasteiger partial charge in [0.05, 0.1) is 37.9 Å². The number of fused-ring (bicyclic) bond motifs is 1. The molecule has 8 atom stereocenters. The lowest BCUT2D eigenvalue weighted by Gasteiger charge is -2.40. The topological polar surface area (TPSA) is 218 Å². The monoisotopic (exact) mass is 578 g/mol. The summed E-state index contributed by atoms with van der Waals surface area (Å²) >= 11 is 0. The fourth-order valence-corrected chi connectivity index (χ4v) is 4.65. The highest BCUT2D eigenvalue weighted by Gasteiger charge is 2.50. The highest BCUT2D eigenvalue weighted by molar-refractivity contribution is 5.83. The Kier molecular flexibility index (Phi) is 8.20. The van der Waals surface area contributed by atoms with Crippen molar-refractivity contribution in [2.75, 3.05) is 26.9 Å². The molecule has 14 nitrogen and oxygen atoms in total. The molecule has 0 aliphatic carbocycles. The van der Waals surface area contributed by atoms with E-state index in [1.807, 2.05) is 0 Å². The molecule has 222 valence electrons. The minimum atomic E-state index is -1.92. The van der Waals surface area contributed by atoms with E-state index in [2.05, 4.69) is 0 Å². The average Bonchev–Trinajstić information content (AvgIpc) is 3.26. The maximum absolute atomic E-state index is 13.1. The van der Waals surface area contributed by atoms with Crippen LogP contribution in [0.2, 0.25) is 0 Å². The third kappa shape index (κ3) is 5.49. The Bertz CT molecular complexity index is 1440. The van der Waals surface area contributed by atoms with Crippen molar-refractivity contribution in [2.45, 2.75) is 48.7 Å². The van der Waals surface area contributed by atoms with Crippen LogP contribution in [0.1, 0.15) is 0 Å². The number of rotatable bonds is 8. The zero-order valence-corrected chi connectivity index (χ0v) is 21.7. The van der Waals surface area contributed by atoms with E-state index in [9.17, 15) is 40.5 Å². The van der Waals surface area contributed by atoms with E-state index in [-0.39, 0.29) is 39.2 Å². The van der Waals surface area contributed by atoms with Crippen molar-refractivity contribution in [1.82, 2.24) is 0 Å². The second-order valence-electron chi connectivity index (χ2n) is 9.87. The lowest BCUT2D eigenvalue weighted by molar-refractivity contribution is -0.289. The number of phenolic OH excluding ortho intramolecular Hbond substituents is 1. The van der Waals surface area contributed by atoms with E-state index in [0.717, 1.165) is 0 Å². The van der Waals surface area contributed by atoms with Crippen molar-refractivity contribution < 1.29 is 63.8 Å². The average molecular weight is 579 g/mol. The fraction of sp³-hybridized carbons (Fsp3) is 0.444. The number of aromatic hydroxyl groups is 1. The lowest BCUT2D eigenvalue weighted by Crippen LogP contribution is -2.60. The number of methoxy groups -OCH3 is 1. The van der Waals surface area contributed by atoms with Crippen LogP contribution in [0.4, 0.5) is 0 Å². The van der Waals surface area contributed by atoms with Crippen LogP contribution in [0, 0.1) is 0 Å². The molecule has 1 aromatic heterocycles. The van der Waals surface area contributed by atoms with Crippen LogP contribution in [0.5, 0.6) is 17.2 Å². The van der Waals surface area contributed by atoms with Crippen molar-refractivity contribution in [3.63, 3.8) is 0 Å². The summed E-state index contributed by atoms with van der Waals surface area (Å²) in [6, 6.07) is 8.73. The van der Waals surface area contributed by atoms with Gasteiger partial charge in [0.2, 0.25) is 6.29 Å². The smallest absolute Gasteiger partial charge is 0.229 e. The van der Waals surface area contributed by atoms with Gasteiger partial charge in [-0.3, -0.25) is 4.79 Å². The Morgan fingerprint density at radius 1 is 1.02 bits per heavy atom. The zero-order valence-electron chi connectivity index (χ0n) is 21.7. The number of phenols is 1. The Labute approximate surface area is 232 Å². The van der Waals surface area contributed by atoms with E-state index in [0.29, 0.717) is 5.56 Å². The molecular weight excluding hydrogens is 548 g/mol. The summed E-state index contributed by atoms with van der Waals surface area (Å²) in [5.74, 6) is 0.205. The Morgan fingerprint density at radius 2 is 1.80 bits per heavy atom. The summed E-state index contributed by atoms with van der Waals surface area (Å²) in [5.41, 5.74) is -1.54. The maximum Gasteiger partial charge on any atom is 0.229 e. The molecule has 3 aromatic rings. The van der Waals surface area contributed by atoms with Crippen LogP contribution in [0.3, 0.4) is 0 Å².